The van der Waals surface area contributed by atoms with Gasteiger partial charge in [0.05, 0.1) is 23.8 Å². The quantitative estimate of drug-likeness (QED) is 0.452. The number of hydrogen-bond acceptors (Lipinski definition) is 6. The molecule has 0 aliphatic carbocycles. The van der Waals surface area contributed by atoms with Gasteiger partial charge in [0.1, 0.15) is 23.0 Å². The topological polar surface area (TPSA) is 77.5 Å². The van der Waals surface area contributed by atoms with Gasteiger partial charge in [0.2, 0.25) is 0 Å². The lowest BCUT2D eigenvalue weighted by Gasteiger charge is -2.37. The minimum atomic E-state index is -1.02. The number of aliphatic hydroxyl groups excluding tert-OH is 1. The van der Waals surface area contributed by atoms with E-state index < -0.39 is 34.3 Å². The highest BCUT2D eigenvalue weighted by Crippen LogP contribution is 2.34. The number of halogens is 3. The number of anilines is 2. The average molecular weight is 501 g/mol. The normalized spacial score (nSPS) is 17.5. The summed E-state index contributed by atoms with van der Waals surface area (Å²) in [5.74, 6) is -0.787. The van der Waals surface area contributed by atoms with Gasteiger partial charge in [0.15, 0.2) is 5.13 Å². The molecule has 2 atom stereocenters. The van der Waals surface area contributed by atoms with Crippen molar-refractivity contribution < 1.29 is 23.1 Å². The van der Waals surface area contributed by atoms with Crippen molar-refractivity contribution >= 4 is 28.1 Å². The van der Waals surface area contributed by atoms with Crippen LogP contribution in [0.3, 0.4) is 0 Å². The number of benzene rings is 2. The fourth-order valence-corrected chi connectivity index (χ4v) is 4.83. The van der Waals surface area contributed by atoms with Crippen LogP contribution in [0.15, 0.2) is 41.8 Å². The van der Waals surface area contributed by atoms with Crippen molar-refractivity contribution in [1.82, 2.24) is 10.3 Å². The van der Waals surface area contributed by atoms with E-state index in [-0.39, 0.29) is 23.5 Å². The van der Waals surface area contributed by atoms with Gasteiger partial charge in [-0.2, -0.15) is 0 Å². The summed E-state index contributed by atoms with van der Waals surface area (Å²) < 4.78 is 43.1. The number of terminal acetylenes is 1. The van der Waals surface area contributed by atoms with Crippen LogP contribution >= 0.6 is 11.3 Å². The Morgan fingerprint density at radius 1 is 1.31 bits per heavy atom. The Balaban J connectivity index is 1.56. The second-order valence-corrected chi connectivity index (χ2v) is 9.14. The summed E-state index contributed by atoms with van der Waals surface area (Å²) in [7, 11) is 0. The van der Waals surface area contributed by atoms with Crippen LogP contribution in [0, 0.1) is 29.8 Å². The molecule has 2 unspecified atom stereocenters. The molecule has 0 spiro atoms. The predicted molar refractivity (Wildman–Crippen MR) is 129 cm³/mol. The van der Waals surface area contributed by atoms with Gasteiger partial charge in [-0.1, -0.05) is 18.1 Å². The molecule has 1 amide bonds. The van der Waals surface area contributed by atoms with Crippen LogP contribution < -0.4 is 15.5 Å². The lowest BCUT2D eigenvalue weighted by molar-refractivity contribution is 0.101. The maximum Gasteiger partial charge on any atom is 0.263 e. The van der Waals surface area contributed by atoms with Crippen molar-refractivity contribution in [3.63, 3.8) is 0 Å². The molecular formula is C25H23F3N4O2S. The fraction of sp³-hybridized carbons (Fsp3) is 0.280. The zero-order valence-electron chi connectivity index (χ0n) is 18.8. The number of carbonyl (C=O) groups is 1. The molecule has 0 radical (unpaired) electrons. The third-order valence-corrected chi connectivity index (χ3v) is 6.85. The minimum absolute atomic E-state index is 0.110. The molecule has 6 nitrogen and oxygen atoms in total. The molecule has 35 heavy (non-hydrogen) atoms. The highest BCUT2D eigenvalue weighted by Gasteiger charge is 2.30. The number of aromatic nitrogens is 1. The van der Waals surface area contributed by atoms with E-state index in [9.17, 15) is 23.1 Å². The highest BCUT2D eigenvalue weighted by atomic mass is 32.1. The van der Waals surface area contributed by atoms with Gasteiger partial charge >= 0.3 is 0 Å². The summed E-state index contributed by atoms with van der Waals surface area (Å²) in [6, 6.07) is 7.53. The molecule has 1 saturated heterocycles. The van der Waals surface area contributed by atoms with E-state index in [4.69, 9.17) is 6.42 Å². The van der Waals surface area contributed by atoms with Crippen molar-refractivity contribution in [2.75, 3.05) is 36.5 Å². The summed E-state index contributed by atoms with van der Waals surface area (Å²) in [6.07, 6.45) is 5.76. The zero-order chi connectivity index (χ0) is 25.2. The van der Waals surface area contributed by atoms with E-state index >= 15 is 0 Å². The Hall–Kier alpha value is -3.39. The van der Waals surface area contributed by atoms with Crippen LogP contribution in [0.1, 0.15) is 28.5 Å². The first kappa shape index (κ1) is 24.7. The van der Waals surface area contributed by atoms with E-state index in [1.165, 1.54) is 12.1 Å². The van der Waals surface area contributed by atoms with Crippen LogP contribution in [0.4, 0.5) is 24.0 Å². The fourth-order valence-electron chi connectivity index (χ4n) is 4.02. The highest BCUT2D eigenvalue weighted by molar-refractivity contribution is 7.14. The number of thiazole rings is 1. The second kappa shape index (κ2) is 10.1. The first-order chi connectivity index (χ1) is 16.8. The number of amides is 1. The molecule has 2 heterocycles. The number of carbonyl (C=O) groups excluding carboxylic acids is 1. The van der Waals surface area contributed by atoms with E-state index in [2.05, 4.69) is 21.5 Å². The summed E-state index contributed by atoms with van der Waals surface area (Å²) in [6.45, 7) is 3.08. The number of nitrogens with zero attached hydrogens (tertiary/aromatic N) is 2. The Labute approximate surface area is 204 Å². The Morgan fingerprint density at radius 3 is 2.63 bits per heavy atom. The summed E-state index contributed by atoms with van der Waals surface area (Å²) >= 11 is 1.05. The van der Waals surface area contributed by atoms with Crippen molar-refractivity contribution in [3.05, 3.63) is 76.1 Å². The van der Waals surface area contributed by atoms with Crippen LogP contribution in [0.5, 0.6) is 0 Å². The molecule has 3 N–H and O–H groups in total. The van der Waals surface area contributed by atoms with E-state index in [1.54, 1.807) is 29.3 Å². The van der Waals surface area contributed by atoms with Gasteiger partial charge in [-0.25, -0.2) is 18.2 Å². The van der Waals surface area contributed by atoms with Crippen molar-refractivity contribution in [2.45, 2.75) is 18.4 Å². The third kappa shape index (κ3) is 4.89. The summed E-state index contributed by atoms with van der Waals surface area (Å²) in [5, 5.41) is 16.9. The van der Waals surface area contributed by atoms with Crippen molar-refractivity contribution in [3.8, 4) is 12.3 Å². The van der Waals surface area contributed by atoms with Crippen molar-refractivity contribution in [1.29, 1.82) is 0 Å². The maximum absolute atomic E-state index is 14.9. The molecule has 3 aromatic rings. The molecule has 4 rings (SSSR count). The van der Waals surface area contributed by atoms with Crippen LogP contribution in [-0.2, 0) is 5.41 Å². The largest absolute Gasteiger partial charge is 0.394 e. The molecule has 1 fully saturated rings. The van der Waals surface area contributed by atoms with Gasteiger partial charge in [0.25, 0.3) is 5.91 Å². The van der Waals surface area contributed by atoms with Gasteiger partial charge in [0, 0.05) is 30.7 Å². The van der Waals surface area contributed by atoms with Gasteiger partial charge in [-0.3, -0.25) is 10.1 Å². The summed E-state index contributed by atoms with van der Waals surface area (Å²) in [5.41, 5.74) is -0.432. The molecule has 2 aromatic carbocycles. The average Bonchev–Trinajstić information content (AvgIpc) is 3.32. The first-order valence-corrected chi connectivity index (χ1v) is 11.7. The van der Waals surface area contributed by atoms with E-state index in [0.717, 1.165) is 23.5 Å². The number of aliphatic hydroxyl groups is 1. The molecule has 0 saturated carbocycles. The number of nitrogens with one attached hydrogen (secondary N) is 2. The molecule has 1 aliphatic heterocycles. The van der Waals surface area contributed by atoms with Crippen LogP contribution in [-0.4, -0.2) is 48.3 Å². The number of piperazine rings is 1. The van der Waals surface area contributed by atoms with Crippen LogP contribution in [0.25, 0.3) is 0 Å². The third-order valence-electron chi connectivity index (χ3n) is 6.09. The van der Waals surface area contributed by atoms with Gasteiger partial charge < -0.3 is 15.3 Å². The van der Waals surface area contributed by atoms with Gasteiger partial charge in [-0.15, -0.1) is 17.8 Å². The minimum Gasteiger partial charge on any atom is -0.394 e. The van der Waals surface area contributed by atoms with E-state index in [1.807, 2.05) is 0 Å². The Kier molecular flexibility index (Phi) is 7.12. The Bertz CT molecular complexity index is 1250. The first-order valence-electron chi connectivity index (χ1n) is 10.8. The standard InChI is InChI=1S/C25H23F3N4O2S/c1-3-25(2,15-4-6-16(26)7-5-15)21-14-35-24(30-21)31-23(34)22-19(27)10-17(11-20(22)28)32-9-8-29-12-18(32)13-33/h1,4-7,10-11,14,18,29,33H,8-9,12-13H2,2H3,(H,30,31,34). The van der Waals surface area contributed by atoms with Crippen LogP contribution in [0.2, 0.25) is 0 Å². The molecule has 0 bridgehead atoms. The van der Waals surface area contributed by atoms with Gasteiger partial charge in [-0.05, 0) is 36.8 Å². The molecule has 1 aliphatic rings. The molecular weight excluding hydrogens is 477 g/mol. The van der Waals surface area contributed by atoms with E-state index in [0.29, 0.717) is 30.9 Å². The molecule has 1 aromatic heterocycles. The SMILES string of the molecule is C#CC(C)(c1ccc(F)cc1)c1csc(NC(=O)c2c(F)cc(N3CCNCC3CO)cc2F)n1. The lowest BCUT2D eigenvalue weighted by atomic mass is 9.81. The van der Waals surface area contributed by atoms with Crippen molar-refractivity contribution in [2.24, 2.45) is 0 Å². The number of rotatable bonds is 6. The number of hydrogen-bond donors (Lipinski definition) is 3. The lowest BCUT2D eigenvalue weighted by Crippen LogP contribution is -2.53. The molecule has 182 valence electrons. The summed E-state index contributed by atoms with van der Waals surface area (Å²) in [4.78, 5) is 18.8. The smallest absolute Gasteiger partial charge is 0.263 e. The second-order valence-electron chi connectivity index (χ2n) is 8.29. The zero-order valence-corrected chi connectivity index (χ0v) is 19.6. The predicted octanol–water partition coefficient (Wildman–Crippen LogP) is 3.52. The maximum atomic E-state index is 14.9. The monoisotopic (exact) mass is 500 g/mol. The molecule has 10 heteroatoms. The Morgan fingerprint density at radius 2 is 2.00 bits per heavy atom.